The number of fused-ring (bicyclic) bond motifs is 1. The number of benzene rings is 1. The Morgan fingerprint density at radius 1 is 1.33 bits per heavy atom. The molecule has 0 saturated heterocycles. The summed E-state index contributed by atoms with van der Waals surface area (Å²) in [5, 5.41) is 3.19. The molecule has 0 aromatic heterocycles. The molecule has 1 N–H and O–H groups in total. The summed E-state index contributed by atoms with van der Waals surface area (Å²) >= 11 is 0. The van der Waals surface area contributed by atoms with Crippen molar-refractivity contribution in [2.24, 2.45) is 11.3 Å². The van der Waals surface area contributed by atoms with Gasteiger partial charge in [-0.2, -0.15) is 0 Å². The standard InChI is InChI=1S/C16H23NO/c1-11(2)15(18)17-14-10-16(3,4)9-12-7-5-6-8-13(12)14/h5-8,11,14H,9-10H2,1-4H3,(H,17,18)/t14-/m1/s1. The highest BCUT2D eigenvalue weighted by atomic mass is 16.1. The Morgan fingerprint density at radius 3 is 2.67 bits per heavy atom. The van der Waals surface area contributed by atoms with Crippen LogP contribution in [-0.2, 0) is 11.2 Å². The first-order valence-electron chi connectivity index (χ1n) is 6.77. The van der Waals surface area contributed by atoms with Crippen LogP contribution in [0, 0.1) is 11.3 Å². The minimum Gasteiger partial charge on any atom is -0.349 e. The van der Waals surface area contributed by atoms with Gasteiger partial charge in [-0.05, 0) is 29.4 Å². The van der Waals surface area contributed by atoms with E-state index in [1.807, 2.05) is 13.8 Å². The fraction of sp³-hybridized carbons (Fsp3) is 0.562. The van der Waals surface area contributed by atoms with Gasteiger partial charge in [0.2, 0.25) is 5.91 Å². The van der Waals surface area contributed by atoms with Gasteiger partial charge in [-0.3, -0.25) is 4.79 Å². The zero-order valence-corrected chi connectivity index (χ0v) is 11.8. The van der Waals surface area contributed by atoms with E-state index in [1.165, 1.54) is 11.1 Å². The summed E-state index contributed by atoms with van der Waals surface area (Å²) in [6.07, 6.45) is 2.11. The van der Waals surface area contributed by atoms with Gasteiger partial charge in [-0.1, -0.05) is 52.0 Å². The van der Waals surface area contributed by atoms with Crippen molar-refractivity contribution in [2.75, 3.05) is 0 Å². The normalized spacial score (nSPS) is 21.5. The first-order valence-corrected chi connectivity index (χ1v) is 6.77. The summed E-state index contributed by atoms with van der Waals surface area (Å²) in [5.74, 6) is 0.190. The van der Waals surface area contributed by atoms with Gasteiger partial charge in [-0.15, -0.1) is 0 Å². The average Bonchev–Trinajstić information content (AvgIpc) is 2.27. The molecule has 18 heavy (non-hydrogen) atoms. The highest BCUT2D eigenvalue weighted by molar-refractivity contribution is 5.78. The number of hydrogen-bond acceptors (Lipinski definition) is 1. The second-order valence-electron chi connectivity index (χ2n) is 6.46. The molecule has 1 aliphatic carbocycles. The minimum atomic E-state index is 0.0437. The molecule has 1 atom stereocenters. The Kier molecular flexibility index (Phi) is 3.47. The van der Waals surface area contributed by atoms with Gasteiger partial charge in [0.25, 0.3) is 0 Å². The Labute approximate surface area is 110 Å². The van der Waals surface area contributed by atoms with Crippen LogP contribution in [0.5, 0.6) is 0 Å². The Bertz CT molecular complexity index is 448. The molecule has 1 aliphatic rings. The van der Waals surface area contributed by atoms with Crippen LogP contribution in [0.15, 0.2) is 24.3 Å². The first-order chi connectivity index (χ1) is 8.39. The number of carbonyl (C=O) groups is 1. The maximum absolute atomic E-state index is 11.9. The zero-order valence-electron chi connectivity index (χ0n) is 11.8. The van der Waals surface area contributed by atoms with Gasteiger partial charge >= 0.3 is 0 Å². The first kappa shape index (κ1) is 13.1. The summed E-state index contributed by atoms with van der Waals surface area (Å²) < 4.78 is 0. The number of rotatable bonds is 2. The minimum absolute atomic E-state index is 0.0437. The lowest BCUT2D eigenvalue weighted by Crippen LogP contribution is -2.38. The van der Waals surface area contributed by atoms with E-state index in [0.29, 0.717) is 0 Å². The van der Waals surface area contributed by atoms with E-state index in [1.54, 1.807) is 0 Å². The molecule has 2 nitrogen and oxygen atoms in total. The molecule has 1 aromatic rings. The van der Waals surface area contributed by atoms with Crippen molar-refractivity contribution in [3.05, 3.63) is 35.4 Å². The predicted octanol–water partition coefficient (Wildman–Crippen LogP) is 3.47. The molecule has 0 heterocycles. The Balaban J connectivity index is 2.27. The average molecular weight is 245 g/mol. The maximum Gasteiger partial charge on any atom is 0.223 e. The molecular formula is C16H23NO. The van der Waals surface area contributed by atoms with Crippen molar-refractivity contribution in [3.63, 3.8) is 0 Å². The van der Waals surface area contributed by atoms with Crippen molar-refractivity contribution < 1.29 is 4.79 Å². The van der Waals surface area contributed by atoms with Crippen LogP contribution in [0.2, 0.25) is 0 Å². The van der Waals surface area contributed by atoms with E-state index in [9.17, 15) is 4.79 Å². The molecular weight excluding hydrogens is 222 g/mol. The van der Waals surface area contributed by atoms with Crippen molar-refractivity contribution in [3.8, 4) is 0 Å². The van der Waals surface area contributed by atoms with Crippen LogP contribution in [0.4, 0.5) is 0 Å². The van der Waals surface area contributed by atoms with E-state index in [0.717, 1.165) is 12.8 Å². The SMILES string of the molecule is CC(C)C(=O)N[C@@H]1CC(C)(C)Cc2ccccc21. The summed E-state index contributed by atoms with van der Waals surface area (Å²) in [6, 6.07) is 8.65. The summed E-state index contributed by atoms with van der Waals surface area (Å²) in [7, 11) is 0. The highest BCUT2D eigenvalue weighted by Gasteiger charge is 2.32. The van der Waals surface area contributed by atoms with E-state index < -0.39 is 0 Å². The second-order valence-corrected chi connectivity index (χ2v) is 6.46. The highest BCUT2D eigenvalue weighted by Crippen LogP contribution is 2.40. The van der Waals surface area contributed by atoms with Crippen molar-refractivity contribution >= 4 is 5.91 Å². The van der Waals surface area contributed by atoms with Crippen LogP contribution in [0.3, 0.4) is 0 Å². The van der Waals surface area contributed by atoms with Gasteiger partial charge in [0.05, 0.1) is 6.04 Å². The lowest BCUT2D eigenvalue weighted by atomic mass is 9.72. The molecule has 2 heteroatoms. The van der Waals surface area contributed by atoms with Gasteiger partial charge in [-0.25, -0.2) is 0 Å². The summed E-state index contributed by atoms with van der Waals surface area (Å²) in [6.45, 7) is 8.43. The molecule has 0 radical (unpaired) electrons. The van der Waals surface area contributed by atoms with Crippen LogP contribution < -0.4 is 5.32 Å². The predicted molar refractivity (Wildman–Crippen MR) is 74.3 cm³/mol. The zero-order chi connectivity index (χ0) is 13.3. The van der Waals surface area contributed by atoms with Gasteiger partial charge in [0.15, 0.2) is 0 Å². The van der Waals surface area contributed by atoms with Crippen molar-refractivity contribution in [1.29, 1.82) is 0 Å². The van der Waals surface area contributed by atoms with E-state index in [-0.39, 0.29) is 23.3 Å². The molecule has 1 amide bonds. The molecule has 0 spiro atoms. The fourth-order valence-corrected chi connectivity index (χ4v) is 2.75. The number of nitrogens with one attached hydrogen (secondary N) is 1. The Hall–Kier alpha value is -1.31. The van der Waals surface area contributed by atoms with Gasteiger partial charge in [0.1, 0.15) is 0 Å². The molecule has 0 saturated carbocycles. The molecule has 2 rings (SSSR count). The number of hydrogen-bond donors (Lipinski definition) is 1. The molecule has 1 aromatic carbocycles. The van der Waals surface area contributed by atoms with Crippen LogP contribution in [-0.4, -0.2) is 5.91 Å². The summed E-state index contributed by atoms with van der Waals surface area (Å²) in [4.78, 5) is 11.9. The van der Waals surface area contributed by atoms with Crippen LogP contribution >= 0.6 is 0 Å². The smallest absolute Gasteiger partial charge is 0.223 e. The lowest BCUT2D eigenvalue weighted by Gasteiger charge is -2.37. The third kappa shape index (κ3) is 2.74. The molecule has 0 fully saturated rings. The van der Waals surface area contributed by atoms with E-state index in [2.05, 4.69) is 43.4 Å². The van der Waals surface area contributed by atoms with E-state index >= 15 is 0 Å². The van der Waals surface area contributed by atoms with Crippen LogP contribution in [0.1, 0.15) is 51.3 Å². The second kappa shape index (κ2) is 4.75. The van der Waals surface area contributed by atoms with Gasteiger partial charge < -0.3 is 5.32 Å². The number of amides is 1. The van der Waals surface area contributed by atoms with E-state index in [4.69, 9.17) is 0 Å². The third-order valence-electron chi connectivity index (χ3n) is 3.70. The van der Waals surface area contributed by atoms with Crippen molar-refractivity contribution in [2.45, 2.75) is 46.6 Å². The van der Waals surface area contributed by atoms with Gasteiger partial charge in [0, 0.05) is 5.92 Å². The maximum atomic E-state index is 11.9. The number of carbonyl (C=O) groups excluding carboxylic acids is 1. The fourth-order valence-electron chi connectivity index (χ4n) is 2.75. The summed E-state index contributed by atoms with van der Waals surface area (Å²) in [5.41, 5.74) is 2.93. The van der Waals surface area contributed by atoms with Crippen molar-refractivity contribution in [1.82, 2.24) is 5.32 Å². The van der Waals surface area contributed by atoms with Crippen LogP contribution in [0.25, 0.3) is 0 Å². The quantitative estimate of drug-likeness (QED) is 0.849. The largest absolute Gasteiger partial charge is 0.349 e. The molecule has 98 valence electrons. The lowest BCUT2D eigenvalue weighted by molar-refractivity contribution is -0.125. The Morgan fingerprint density at radius 2 is 2.00 bits per heavy atom. The molecule has 0 unspecified atom stereocenters. The third-order valence-corrected chi connectivity index (χ3v) is 3.70. The topological polar surface area (TPSA) is 29.1 Å². The molecule has 0 bridgehead atoms. The molecule has 0 aliphatic heterocycles. The monoisotopic (exact) mass is 245 g/mol.